The third-order valence-corrected chi connectivity index (χ3v) is 3.66. The number of nitrogens with one attached hydrogen (secondary N) is 1. The molecular weight excluding hydrogens is 256 g/mol. The van der Waals surface area contributed by atoms with Gasteiger partial charge in [0.2, 0.25) is 0 Å². The van der Waals surface area contributed by atoms with E-state index < -0.39 is 0 Å². The molecule has 0 aliphatic carbocycles. The van der Waals surface area contributed by atoms with E-state index in [1.807, 2.05) is 12.1 Å². The maximum atomic E-state index is 11.9. The minimum absolute atomic E-state index is 0.149. The Labute approximate surface area is 108 Å². The average molecular weight is 267 g/mol. The maximum Gasteiger partial charge on any atom is 0.266 e. The van der Waals surface area contributed by atoms with Crippen molar-refractivity contribution >= 4 is 34.7 Å². The van der Waals surface area contributed by atoms with E-state index in [-0.39, 0.29) is 5.91 Å². The summed E-state index contributed by atoms with van der Waals surface area (Å²) in [6, 6.07) is 7.07. The molecule has 0 saturated carbocycles. The molecule has 17 heavy (non-hydrogen) atoms. The summed E-state index contributed by atoms with van der Waals surface area (Å²) in [5.41, 5.74) is 0. The van der Waals surface area contributed by atoms with Crippen LogP contribution < -0.4 is 5.32 Å². The SMILES string of the molecule is CCc1ccc(C(=O)Nc2cc(Cl)ccn2)s1. The summed E-state index contributed by atoms with van der Waals surface area (Å²) in [5, 5.41) is 3.26. The lowest BCUT2D eigenvalue weighted by atomic mass is 10.3. The molecule has 3 nitrogen and oxygen atoms in total. The van der Waals surface area contributed by atoms with Gasteiger partial charge < -0.3 is 5.32 Å². The third kappa shape index (κ3) is 3.05. The Morgan fingerprint density at radius 2 is 2.29 bits per heavy atom. The number of anilines is 1. The number of thiophene rings is 1. The van der Waals surface area contributed by atoms with Crippen LogP contribution in [-0.4, -0.2) is 10.9 Å². The smallest absolute Gasteiger partial charge is 0.266 e. The Kier molecular flexibility index (Phi) is 3.76. The molecular formula is C12H11ClN2OS. The Hall–Kier alpha value is -1.39. The highest BCUT2D eigenvalue weighted by atomic mass is 35.5. The molecule has 0 spiro atoms. The quantitative estimate of drug-likeness (QED) is 0.922. The third-order valence-electron chi connectivity index (χ3n) is 2.20. The summed E-state index contributed by atoms with van der Waals surface area (Å²) in [6.07, 6.45) is 2.50. The zero-order chi connectivity index (χ0) is 12.3. The molecule has 0 saturated heterocycles. The van der Waals surface area contributed by atoms with Crippen molar-refractivity contribution in [2.45, 2.75) is 13.3 Å². The molecule has 2 aromatic rings. The van der Waals surface area contributed by atoms with Crippen molar-refractivity contribution in [3.05, 3.63) is 45.2 Å². The highest BCUT2D eigenvalue weighted by Crippen LogP contribution is 2.19. The molecule has 2 rings (SSSR count). The molecule has 2 heterocycles. The summed E-state index contributed by atoms with van der Waals surface area (Å²) in [4.78, 5) is 17.8. The van der Waals surface area contributed by atoms with Gasteiger partial charge in [-0.3, -0.25) is 4.79 Å². The van der Waals surface area contributed by atoms with Gasteiger partial charge in [-0.25, -0.2) is 4.98 Å². The number of aromatic nitrogens is 1. The Morgan fingerprint density at radius 3 is 2.94 bits per heavy atom. The van der Waals surface area contributed by atoms with Crippen molar-refractivity contribution in [3.8, 4) is 0 Å². The number of carbonyl (C=O) groups is 1. The fourth-order valence-corrected chi connectivity index (χ4v) is 2.34. The molecule has 88 valence electrons. The topological polar surface area (TPSA) is 42.0 Å². The number of hydrogen-bond donors (Lipinski definition) is 1. The molecule has 0 fully saturated rings. The summed E-state index contributed by atoms with van der Waals surface area (Å²) in [5.74, 6) is 0.318. The zero-order valence-electron chi connectivity index (χ0n) is 9.24. The van der Waals surface area contributed by atoms with Gasteiger partial charge in [-0.2, -0.15) is 0 Å². The molecule has 0 atom stereocenters. The standard InChI is InChI=1S/C12H11ClN2OS/c1-2-9-3-4-10(17-9)12(16)15-11-7-8(13)5-6-14-11/h3-7H,2H2,1H3,(H,14,15,16). The number of pyridine rings is 1. The van der Waals surface area contributed by atoms with E-state index >= 15 is 0 Å². The van der Waals surface area contributed by atoms with E-state index in [0.717, 1.165) is 6.42 Å². The summed E-state index contributed by atoms with van der Waals surface area (Å²) in [7, 11) is 0. The normalized spacial score (nSPS) is 10.2. The van der Waals surface area contributed by atoms with E-state index in [2.05, 4.69) is 17.2 Å². The van der Waals surface area contributed by atoms with Crippen molar-refractivity contribution in [1.29, 1.82) is 0 Å². The molecule has 0 aliphatic heterocycles. The van der Waals surface area contributed by atoms with Crippen LogP contribution in [0.4, 0.5) is 5.82 Å². The monoisotopic (exact) mass is 266 g/mol. The Balaban J connectivity index is 2.11. The molecule has 0 unspecified atom stereocenters. The van der Waals surface area contributed by atoms with Crippen LogP contribution in [0.2, 0.25) is 5.02 Å². The number of rotatable bonds is 3. The van der Waals surface area contributed by atoms with Crippen molar-refractivity contribution in [2.75, 3.05) is 5.32 Å². The molecule has 2 aromatic heterocycles. The fourth-order valence-electron chi connectivity index (χ4n) is 1.34. The van der Waals surface area contributed by atoms with Gasteiger partial charge in [0.15, 0.2) is 0 Å². The van der Waals surface area contributed by atoms with Gasteiger partial charge in [-0.1, -0.05) is 18.5 Å². The number of amides is 1. The second kappa shape index (κ2) is 5.29. The highest BCUT2D eigenvalue weighted by Gasteiger charge is 2.09. The molecule has 0 radical (unpaired) electrons. The number of halogens is 1. The number of nitrogens with zero attached hydrogens (tertiary/aromatic N) is 1. The van der Waals surface area contributed by atoms with Gasteiger partial charge in [0.05, 0.1) is 4.88 Å². The lowest BCUT2D eigenvalue weighted by molar-refractivity contribution is 0.103. The fraction of sp³-hybridized carbons (Fsp3) is 0.167. The molecule has 0 bridgehead atoms. The van der Waals surface area contributed by atoms with Crippen LogP contribution in [-0.2, 0) is 6.42 Å². The molecule has 1 amide bonds. The van der Waals surface area contributed by atoms with Crippen molar-refractivity contribution < 1.29 is 4.79 Å². The van der Waals surface area contributed by atoms with E-state index in [4.69, 9.17) is 11.6 Å². The first-order valence-electron chi connectivity index (χ1n) is 5.20. The number of carbonyl (C=O) groups excluding carboxylic acids is 1. The van der Waals surface area contributed by atoms with Gasteiger partial charge in [0.1, 0.15) is 5.82 Å². The van der Waals surface area contributed by atoms with Crippen LogP contribution in [0.1, 0.15) is 21.5 Å². The Bertz CT molecular complexity index is 539. The first kappa shape index (κ1) is 12.1. The van der Waals surface area contributed by atoms with E-state index in [9.17, 15) is 4.79 Å². The zero-order valence-corrected chi connectivity index (χ0v) is 10.8. The van der Waals surface area contributed by atoms with Crippen LogP contribution in [0, 0.1) is 0 Å². The van der Waals surface area contributed by atoms with Gasteiger partial charge in [0.25, 0.3) is 5.91 Å². The van der Waals surface area contributed by atoms with Crippen LogP contribution in [0.5, 0.6) is 0 Å². The lowest BCUT2D eigenvalue weighted by Gasteiger charge is -2.02. The summed E-state index contributed by atoms with van der Waals surface area (Å²) >= 11 is 7.30. The van der Waals surface area contributed by atoms with E-state index in [1.165, 1.54) is 16.2 Å². The average Bonchev–Trinajstić information content (AvgIpc) is 2.77. The molecule has 0 aromatic carbocycles. The minimum Gasteiger partial charge on any atom is -0.306 e. The van der Waals surface area contributed by atoms with Crippen LogP contribution in [0.15, 0.2) is 30.5 Å². The summed E-state index contributed by atoms with van der Waals surface area (Å²) < 4.78 is 0. The summed E-state index contributed by atoms with van der Waals surface area (Å²) in [6.45, 7) is 2.06. The van der Waals surface area contributed by atoms with Gasteiger partial charge in [-0.15, -0.1) is 11.3 Å². The number of aryl methyl sites for hydroxylation is 1. The van der Waals surface area contributed by atoms with Crippen LogP contribution in [0.25, 0.3) is 0 Å². The highest BCUT2D eigenvalue weighted by molar-refractivity contribution is 7.14. The molecule has 1 N–H and O–H groups in total. The van der Waals surface area contributed by atoms with Gasteiger partial charge >= 0.3 is 0 Å². The predicted molar refractivity (Wildman–Crippen MR) is 70.9 cm³/mol. The van der Waals surface area contributed by atoms with E-state index in [0.29, 0.717) is 15.7 Å². The van der Waals surface area contributed by atoms with Gasteiger partial charge in [-0.05, 0) is 30.7 Å². The van der Waals surface area contributed by atoms with Crippen molar-refractivity contribution in [2.24, 2.45) is 0 Å². The van der Waals surface area contributed by atoms with Crippen LogP contribution >= 0.6 is 22.9 Å². The first-order valence-corrected chi connectivity index (χ1v) is 6.40. The minimum atomic E-state index is -0.149. The molecule has 5 heteroatoms. The predicted octanol–water partition coefficient (Wildman–Crippen LogP) is 3.61. The maximum absolute atomic E-state index is 11.9. The lowest BCUT2D eigenvalue weighted by Crippen LogP contribution is -2.11. The number of hydrogen-bond acceptors (Lipinski definition) is 3. The molecule has 0 aliphatic rings. The first-order chi connectivity index (χ1) is 8.19. The van der Waals surface area contributed by atoms with Crippen LogP contribution in [0.3, 0.4) is 0 Å². The second-order valence-corrected chi connectivity index (χ2v) is 5.04. The second-order valence-electron chi connectivity index (χ2n) is 3.43. The van der Waals surface area contributed by atoms with Gasteiger partial charge in [0, 0.05) is 16.1 Å². The largest absolute Gasteiger partial charge is 0.306 e. The van der Waals surface area contributed by atoms with Crippen molar-refractivity contribution in [3.63, 3.8) is 0 Å². The van der Waals surface area contributed by atoms with Crippen molar-refractivity contribution in [1.82, 2.24) is 4.98 Å². The van der Waals surface area contributed by atoms with E-state index in [1.54, 1.807) is 18.3 Å². The Morgan fingerprint density at radius 1 is 1.47 bits per heavy atom.